The molecule has 0 spiro atoms. The summed E-state index contributed by atoms with van der Waals surface area (Å²) in [5.74, 6) is 0.621. The molecule has 20 heavy (non-hydrogen) atoms. The molecule has 5 nitrogen and oxygen atoms in total. The Labute approximate surface area is 116 Å². The number of carbonyl (C=O) groups excluding carboxylic acids is 1. The van der Waals surface area contributed by atoms with Gasteiger partial charge in [-0.2, -0.15) is 0 Å². The molecule has 0 radical (unpaired) electrons. The van der Waals surface area contributed by atoms with E-state index < -0.39 is 0 Å². The predicted octanol–water partition coefficient (Wildman–Crippen LogP) is 2.13. The van der Waals surface area contributed by atoms with E-state index in [-0.39, 0.29) is 5.91 Å². The number of rotatable bonds is 4. The first-order chi connectivity index (χ1) is 9.83. The molecule has 2 aromatic heterocycles. The lowest BCUT2D eigenvalue weighted by atomic mass is 10.2. The van der Waals surface area contributed by atoms with Gasteiger partial charge in [-0.15, -0.1) is 0 Å². The van der Waals surface area contributed by atoms with Crippen molar-refractivity contribution in [2.75, 3.05) is 0 Å². The van der Waals surface area contributed by atoms with Crippen LogP contribution in [0.4, 0.5) is 0 Å². The summed E-state index contributed by atoms with van der Waals surface area (Å²) < 4.78 is 1.96. The number of benzene rings is 1. The maximum atomic E-state index is 12.1. The van der Waals surface area contributed by atoms with Crippen LogP contribution in [0.15, 0.2) is 61.2 Å². The van der Waals surface area contributed by atoms with Gasteiger partial charge in [-0.25, -0.2) is 4.98 Å². The molecule has 0 saturated carbocycles. The summed E-state index contributed by atoms with van der Waals surface area (Å²) in [5.41, 5.74) is 1.59. The van der Waals surface area contributed by atoms with Gasteiger partial charge in [-0.1, -0.05) is 6.07 Å². The summed E-state index contributed by atoms with van der Waals surface area (Å²) in [6, 6.07) is 11.4. The fourth-order valence-electron chi connectivity index (χ4n) is 1.98. The van der Waals surface area contributed by atoms with E-state index in [0.29, 0.717) is 12.1 Å². The molecule has 2 heterocycles. The highest BCUT2D eigenvalue weighted by molar-refractivity contribution is 5.94. The Morgan fingerprint density at radius 2 is 2.10 bits per heavy atom. The molecule has 2 N–H and O–H groups in total. The van der Waals surface area contributed by atoms with Gasteiger partial charge in [0, 0.05) is 36.0 Å². The third kappa shape index (κ3) is 2.61. The summed E-state index contributed by atoms with van der Waals surface area (Å²) in [5, 5.41) is 2.83. The Morgan fingerprint density at radius 1 is 1.25 bits per heavy atom. The zero-order valence-electron chi connectivity index (χ0n) is 10.8. The quantitative estimate of drug-likeness (QED) is 0.760. The van der Waals surface area contributed by atoms with Gasteiger partial charge in [0.1, 0.15) is 5.82 Å². The van der Waals surface area contributed by atoms with Crippen molar-refractivity contribution in [2.45, 2.75) is 6.54 Å². The summed E-state index contributed by atoms with van der Waals surface area (Å²) in [4.78, 5) is 19.1. The molecular formula is C15H14N4O. The Balaban J connectivity index is 1.73. The summed E-state index contributed by atoms with van der Waals surface area (Å²) >= 11 is 0. The molecule has 0 aliphatic heterocycles. The number of amides is 1. The van der Waals surface area contributed by atoms with Crippen LogP contribution in [0.1, 0.15) is 16.2 Å². The zero-order valence-corrected chi connectivity index (χ0v) is 10.8. The van der Waals surface area contributed by atoms with Gasteiger partial charge in [0.15, 0.2) is 0 Å². The highest BCUT2D eigenvalue weighted by Gasteiger charge is 2.07. The molecule has 0 saturated heterocycles. The first-order valence-corrected chi connectivity index (χ1v) is 6.33. The summed E-state index contributed by atoms with van der Waals surface area (Å²) in [6.07, 6.45) is 7.28. The van der Waals surface area contributed by atoms with Crippen molar-refractivity contribution < 1.29 is 4.79 Å². The smallest absolute Gasteiger partial charge is 0.251 e. The number of nitrogens with one attached hydrogen (secondary N) is 2. The van der Waals surface area contributed by atoms with Crippen LogP contribution in [0.5, 0.6) is 0 Å². The van der Waals surface area contributed by atoms with Crippen molar-refractivity contribution in [3.63, 3.8) is 0 Å². The van der Waals surface area contributed by atoms with Crippen LogP contribution in [0, 0.1) is 0 Å². The number of H-pyrrole nitrogens is 1. The predicted molar refractivity (Wildman–Crippen MR) is 75.5 cm³/mol. The van der Waals surface area contributed by atoms with Crippen LogP contribution in [0.3, 0.4) is 0 Å². The number of hydrogen-bond donors (Lipinski definition) is 2. The van der Waals surface area contributed by atoms with Crippen molar-refractivity contribution in [3.05, 3.63) is 72.6 Å². The van der Waals surface area contributed by atoms with Crippen molar-refractivity contribution >= 4 is 5.91 Å². The Kier molecular flexibility index (Phi) is 3.33. The SMILES string of the molecule is O=C(NCc1ncc[nH]1)c1cccc(-n2cccc2)c1. The minimum Gasteiger partial charge on any atom is -0.347 e. The number of carbonyl (C=O) groups is 1. The lowest BCUT2D eigenvalue weighted by molar-refractivity contribution is 0.0950. The fourth-order valence-corrected chi connectivity index (χ4v) is 1.98. The third-order valence-corrected chi connectivity index (χ3v) is 2.98. The second-order valence-electron chi connectivity index (χ2n) is 4.36. The highest BCUT2D eigenvalue weighted by atomic mass is 16.1. The molecule has 5 heteroatoms. The number of hydrogen-bond acceptors (Lipinski definition) is 2. The van der Waals surface area contributed by atoms with Crippen LogP contribution in [0.2, 0.25) is 0 Å². The molecule has 1 aromatic carbocycles. The van der Waals surface area contributed by atoms with E-state index in [9.17, 15) is 4.79 Å². The number of aromatic nitrogens is 3. The molecule has 0 bridgehead atoms. The Bertz CT molecular complexity index is 687. The highest BCUT2D eigenvalue weighted by Crippen LogP contribution is 2.11. The van der Waals surface area contributed by atoms with Gasteiger partial charge in [-0.05, 0) is 30.3 Å². The van der Waals surface area contributed by atoms with Crippen LogP contribution in [-0.4, -0.2) is 20.4 Å². The maximum absolute atomic E-state index is 12.1. The Hall–Kier alpha value is -2.82. The molecule has 3 aromatic rings. The first-order valence-electron chi connectivity index (χ1n) is 6.33. The molecule has 3 rings (SSSR count). The maximum Gasteiger partial charge on any atom is 0.251 e. The van der Waals surface area contributed by atoms with Crippen LogP contribution in [-0.2, 0) is 6.54 Å². The lowest BCUT2D eigenvalue weighted by Crippen LogP contribution is -2.23. The molecular weight excluding hydrogens is 252 g/mol. The van der Waals surface area contributed by atoms with Gasteiger partial charge in [-0.3, -0.25) is 4.79 Å². The minimum atomic E-state index is -0.115. The van der Waals surface area contributed by atoms with Crippen molar-refractivity contribution in [1.82, 2.24) is 19.9 Å². The minimum absolute atomic E-state index is 0.115. The molecule has 0 aliphatic carbocycles. The summed E-state index contributed by atoms with van der Waals surface area (Å²) in [6.45, 7) is 0.388. The second-order valence-corrected chi connectivity index (χ2v) is 4.36. The lowest BCUT2D eigenvalue weighted by Gasteiger charge is -2.07. The van der Waals surface area contributed by atoms with Crippen LogP contribution in [0.25, 0.3) is 5.69 Å². The number of imidazole rings is 1. The second kappa shape index (κ2) is 5.44. The van der Waals surface area contributed by atoms with Crippen LogP contribution >= 0.6 is 0 Å². The van der Waals surface area contributed by atoms with E-state index in [0.717, 1.165) is 11.5 Å². The molecule has 0 unspecified atom stereocenters. The van der Waals surface area contributed by atoms with E-state index in [1.165, 1.54) is 0 Å². The zero-order chi connectivity index (χ0) is 13.8. The van der Waals surface area contributed by atoms with Crippen molar-refractivity contribution in [3.8, 4) is 5.69 Å². The van der Waals surface area contributed by atoms with Crippen molar-refractivity contribution in [2.24, 2.45) is 0 Å². The van der Waals surface area contributed by atoms with E-state index in [4.69, 9.17) is 0 Å². The average molecular weight is 266 g/mol. The van der Waals surface area contributed by atoms with Gasteiger partial charge < -0.3 is 14.9 Å². The average Bonchev–Trinajstić information content (AvgIpc) is 3.18. The molecule has 1 amide bonds. The normalized spacial score (nSPS) is 10.4. The molecule has 0 aliphatic rings. The van der Waals surface area contributed by atoms with E-state index in [1.807, 2.05) is 47.3 Å². The Morgan fingerprint density at radius 3 is 2.85 bits per heavy atom. The van der Waals surface area contributed by atoms with E-state index in [2.05, 4.69) is 15.3 Å². The standard InChI is InChI=1S/C15H14N4O/c20-15(18-11-14-16-6-7-17-14)12-4-3-5-13(10-12)19-8-1-2-9-19/h1-10H,11H2,(H,16,17)(H,18,20). The van der Waals surface area contributed by atoms with Crippen molar-refractivity contribution in [1.29, 1.82) is 0 Å². The van der Waals surface area contributed by atoms with E-state index in [1.54, 1.807) is 18.5 Å². The van der Waals surface area contributed by atoms with Gasteiger partial charge in [0.05, 0.1) is 6.54 Å². The largest absolute Gasteiger partial charge is 0.347 e. The topological polar surface area (TPSA) is 62.7 Å². The van der Waals surface area contributed by atoms with Gasteiger partial charge in [0.2, 0.25) is 0 Å². The summed E-state index contributed by atoms with van der Waals surface area (Å²) in [7, 11) is 0. The van der Waals surface area contributed by atoms with E-state index >= 15 is 0 Å². The van der Waals surface area contributed by atoms with Gasteiger partial charge in [0.25, 0.3) is 5.91 Å². The first kappa shape index (κ1) is 12.2. The number of nitrogens with zero attached hydrogens (tertiary/aromatic N) is 2. The molecule has 0 atom stereocenters. The van der Waals surface area contributed by atoms with Gasteiger partial charge >= 0.3 is 0 Å². The number of aromatic amines is 1. The molecule has 0 fully saturated rings. The third-order valence-electron chi connectivity index (χ3n) is 2.98. The molecule has 100 valence electrons. The fraction of sp³-hybridized carbons (Fsp3) is 0.0667. The monoisotopic (exact) mass is 266 g/mol. The van der Waals surface area contributed by atoms with Crippen LogP contribution < -0.4 is 5.32 Å².